The molecule has 1 unspecified atom stereocenters. The summed E-state index contributed by atoms with van der Waals surface area (Å²) in [6.07, 6.45) is 2.89. The Kier molecular flexibility index (Phi) is 4.55. The maximum Gasteiger partial charge on any atom is 0.319 e. The van der Waals surface area contributed by atoms with Gasteiger partial charge in [0.2, 0.25) is 5.91 Å². The number of hydrogen-bond donors (Lipinski definition) is 1. The molecule has 15 heavy (non-hydrogen) atoms. The summed E-state index contributed by atoms with van der Waals surface area (Å²) in [6, 6.07) is -0.178. The van der Waals surface area contributed by atoms with Crippen molar-refractivity contribution >= 4 is 11.9 Å². The summed E-state index contributed by atoms with van der Waals surface area (Å²) in [5.41, 5.74) is 0. The quantitative estimate of drug-likeness (QED) is 0.659. The molecular weight excluding hydrogens is 196 g/mol. The number of nitrogens with zero attached hydrogens (tertiary/aromatic N) is 1. The van der Waals surface area contributed by atoms with E-state index in [2.05, 4.69) is 10.1 Å². The Morgan fingerprint density at radius 3 is 2.80 bits per heavy atom. The highest BCUT2D eigenvalue weighted by atomic mass is 16.5. The van der Waals surface area contributed by atoms with Gasteiger partial charge >= 0.3 is 5.97 Å². The molecule has 1 N–H and O–H groups in total. The third-order valence-corrected chi connectivity index (χ3v) is 2.72. The molecule has 0 aromatic carbocycles. The van der Waals surface area contributed by atoms with Crippen LogP contribution in [0, 0.1) is 0 Å². The van der Waals surface area contributed by atoms with E-state index >= 15 is 0 Å². The van der Waals surface area contributed by atoms with Crippen LogP contribution in [-0.2, 0) is 14.3 Å². The number of likely N-dealkylation sites (N-methyl/N-ethyl adjacent to an activating group) is 1. The van der Waals surface area contributed by atoms with Gasteiger partial charge in [-0.1, -0.05) is 6.42 Å². The van der Waals surface area contributed by atoms with E-state index in [9.17, 15) is 9.59 Å². The molecule has 1 amide bonds. The van der Waals surface area contributed by atoms with E-state index in [1.54, 1.807) is 7.05 Å². The van der Waals surface area contributed by atoms with E-state index in [1.165, 1.54) is 7.11 Å². The van der Waals surface area contributed by atoms with Crippen molar-refractivity contribution in [3.63, 3.8) is 0 Å². The van der Waals surface area contributed by atoms with Crippen molar-refractivity contribution in [2.75, 3.05) is 27.2 Å². The average molecular weight is 214 g/mol. The number of carbonyl (C=O) groups is 2. The molecule has 86 valence electrons. The highest BCUT2D eigenvalue weighted by Gasteiger charge is 2.29. The predicted molar refractivity (Wildman–Crippen MR) is 55.3 cm³/mol. The number of piperidine rings is 1. The van der Waals surface area contributed by atoms with Crippen molar-refractivity contribution in [1.82, 2.24) is 10.2 Å². The summed E-state index contributed by atoms with van der Waals surface area (Å²) >= 11 is 0. The molecule has 1 aliphatic rings. The highest BCUT2D eigenvalue weighted by Crippen LogP contribution is 2.16. The molecular formula is C10H18N2O3. The monoisotopic (exact) mass is 214 g/mol. The van der Waals surface area contributed by atoms with Crippen LogP contribution in [0.4, 0.5) is 0 Å². The molecule has 5 nitrogen and oxygen atoms in total. The average Bonchev–Trinajstić information content (AvgIpc) is 2.28. The Morgan fingerprint density at radius 2 is 2.20 bits per heavy atom. The summed E-state index contributed by atoms with van der Waals surface area (Å²) < 4.78 is 4.60. The molecule has 1 rings (SSSR count). The van der Waals surface area contributed by atoms with Crippen molar-refractivity contribution < 1.29 is 14.3 Å². The lowest BCUT2D eigenvalue weighted by molar-refractivity contribution is -0.144. The smallest absolute Gasteiger partial charge is 0.319 e. The SMILES string of the molecule is CNC(=O)C1CCCCN1CC(=O)OC. The second-order valence-electron chi connectivity index (χ2n) is 3.67. The molecule has 0 saturated carbocycles. The number of nitrogens with one attached hydrogen (secondary N) is 1. The van der Waals surface area contributed by atoms with E-state index < -0.39 is 0 Å². The number of rotatable bonds is 3. The van der Waals surface area contributed by atoms with Crippen LogP contribution in [-0.4, -0.2) is 50.1 Å². The van der Waals surface area contributed by atoms with Gasteiger partial charge in [-0.3, -0.25) is 14.5 Å². The Balaban J connectivity index is 2.57. The Bertz CT molecular complexity index is 243. The molecule has 5 heteroatoms. The molecule has 0 bridgehead atoms. The third kappa shape index (κ3) is 3.20. The van der Waals surface area contributed by atoms with Gasteiger partial charge in [0.1, 0.15) is 0 Å². The van der Waals surface area contributed by atoms with Crippen LogP contribution in [0.2, 0.25) is 0 Å². The standard InChI is InChI=1S/C10H18N2O3/c1-11-10(14)8-5-3-4-6-12(8)7-9(13)15-2/h8H,3-7H2,1-2H3,(H,11,14). The van der Waals surface area contributed by atoms with Crippen molar-refractivity contribution in [2.45, 2.75) is 25.3 Å². The van der Waals surface area contributed by atoms with Crippen LogP contribution in [0.5, 0.6) is 0 Å². The first-order chi connectivity index (χ1) is 7.19. The maximum absolute atomic E-state index is 11.5. The number of likely N-dealkylation sites (tertiary alicyclic amines) is 1. The lowest BCUT2D eigenvalue weighted by atomic mass is 10.0. The van der Waals surface area contributed by atoms with Crippen molar-refractivity contribution in [2.24, 2.45) is 0 Å². The lowest BCUT2D eigenvalue weighted by Gasteiger charge is -2.33. The maximum atomic E-state index is 11.5. The van der Waals surface area contributed by atoms with E-state index in [0.717, 1.165) is 25.8 Å². The molecule has 1 heterocycles. The van der Waals surface area contributed by atoms with Gasteiger partial charge in [0.25, 0.3) is 0 Å². The first-order valence-electron chi connectivity index (χ1n) is 5.21. The Labute approximate surface area is 89.8 Å². The lowest BCUT2D eigenvalue weighted by Crippen LogP contribution is -2.50. The van der Waals surface area contributed by atoms with E-state index in [1.807, 2.05) is 4.90 Å². The van der Waals surface area contributed by atoms with Crippen LogP contribution in [0.3, 0.4) is 0 Å². The minimum absolute atomic E-state index is 0.0152. The van der Waals surface area contributed by atoms with E-state index in [4.69, 9.17) is 0 Å². The molecule has 0 aromatic rings. The van der Waals surface area contributed by atoms with Crippen LogP contribution in [0.1, 0.15) is 19.3 Å². The van der Waals surface area contributed by atoms with E-state index in [0.29, 0.717) is 0 Å². The van der Waals surface area contributed by atoms with Crippen molar-refractivity contribution in [3.05, 3.63) is 0 Å². The zero-order valence-electron chi connectivity index (χ0n) is 9.28. The Morgan fingerprint density at radius 1 is 1.47 bits per heavy atom. The molecule has 0 radical (unpaired) electrons. The molecule has 1 atom stereocenters. The summed E-state index contributed by atoms with van der Waals surface area (Å²) in [5, 5.41) is 2.62. The first-order valence-corrected chi connectivity index (χ1v) is 5.21. The third-order valence-electron chi connectivity index (χ3n) is 2.72. The largest absolute Gasteiger partial charge is 0.468 e. The fraction of sp³-hybridized carbons (Fsp3) is 0.800. The second-order valence-corrected chi connectivity index (χ2v) is 3.67. The van der Waals surface area contributed by atoms with Gasteiger partial charge in [-0.05, 0) is 19.4 Å². The molecule has 1 saturated heterocycles. The van der Waals surface area contributed by atoms with Crippen LogP contribution >= 0.6 is 0 Å². The fourth-order valence-corrected chi connectivity index (χ4v) is 1.87. The number of hydrogen-bond acceptors (Lipinski definition) is 4. The topological polar surface area (TPSA) is 58.6 Å². The summed E-state index contributed by atoms with van der Waals surface area (Å²) in [6.45, 7) is 0.988. The number of amides is 1. The minimum atomic E-state index is -0.286. The van der Waals surface area contributed by atoms with E-state index in [-0.39, 0.29) is 24.5 Å². The van der Waals surface area contributed by atoms with Crippen LogP contribution in [0.25, 0.3) is 0 Å². The second kappa shape index (κ2) is 5.70. The van der Waals surface area contributed by atoms with Gasteiger partial charge in [0.15, 0.2) is 0 Å². The molecule has 0 spiro atoms. The first kappa shape index (κ1) is 12.0. The fourth-order valence-electron chi connectivity index (χ4n) is 1.87. The van der Waals surface area contributed by atoms with Gasteiger partial charge in [-0.15, -0.1) is 0 Å². The zero-order valence-corrected chi connectivity index (χ0v) is 9.28. The predicted octanol–water partition coefficient (Wildman–Crippen LogP) is -0.240. The van der Waals surface area contributed by atoms with Gasteiger partial charge in [-0.2, -0.15) is 0 Å². The molecule has 1 fully saturated rings. The molecule has 0 aromatic heterocycles. The summed E-state index contributed by atoms with van der Waals surface area (Å²) in [7, 11) is 2.98. The van der Waals surface area contributed by atoms with Crippen LogP contribution in [0.15, 0.2) is 0 Å². The number of carbonyl (C=O) groups excluding carboxylic acids is 2. The highest BCUT2D eigenvalue weighted by molar-refractivity contribution is 5.82. The summed E-state index contributed by atoms with van der Waals surface area (Å²) in [4.78, 5) is 24.6. The minimum Gasteiger partial charge on any atom is -0.468 e. The van der Waals surface area contributed by atoms with Gasteiger partial charge in [-0.25, -0.2) is 0 Å². The molecule has 0 aliphatic carbocycles. The number of methoxy groups -OCH3 is 1. The van der Waals surface area contributed by atoms with Gasteiger partial charge in [0, 0.05) is 7.05 Å². The number of ether oxygens (including phenoxy) is 1. The Hall–Kier alpha value is -1.10. The molecule has 1 aliphatic heterocycles. The zero-order chi connectivity index (χ0) is 11.3. The number of esters is 1. The normalized spacial score (nSPS) is 22.1. The van der Waals surface area contributed by atoms with Crippen molar-refractivity contribution in [3.8, 4) is 0 Å². The van der Waals surface area contributed by atoms with Crippen LogP contribution < -0.4 is 5.32 Å². The van der Waals surface area contributed by atoms with Crippen molar-refractivity contribution in [1.29, 1.82) is 0 Å². The summed E-state index contributed by atoms with van der Waals surface area (Å²) in [5.74, 6) is -0.301. The van der Waals surface area contributed by atoms with Gasteiger partial charge < -0.3 is 10.1 Å². The van der Waals surface area contributed by atoms with Gasteiger partial charge in [0.05, 0.1) is 19.7 Å².